The highest BCUT2D eigenvalue weighted by molar-refractivity contribution is 6.05. The first-order valence-electron chi connectivity index (χ1n) is 9.00. The van der Waals surface area contributed by atoms with E-state index in [1.54, 1.807) is 29.2 Å². The van der Waals surface area contributed by atoms with Crippen LogP contribution in [0.2, 0.25) is 0 Å². The summed E-state index contributed by atoms with van der Waals surface area (Å²) < 4.78 is 0. The molecule has 4 rings (SSSR count). The SMILES string of the molecule is Nc1ccccc1NC(=O)c1ccc(CN2C(=O)NCc3ccccc32)cc1. The second-order valence-corrected chi connectivity index (χ2v) is 6.61. The summed E-state index contributed by atoms with van der Waals surface area (Å²) in [5.74, 6) is -0.231. The van der Waals surface area contributed by atoms with Gasteiger partial charge in [-0.25, -0.2) is 4.79 Å². The van der Waals surface area contributed by atoms with E-state index >= 15 is 0 Å². The Bertz CT molecular complexity index is 1030. The Morgan fingerprint density at radius 1 is 1.00 bits per heavy atom. The molecule has 1 heterocycles. The van der Waals surface area contributed by atoms with E-state index < -0.39 is 0 Å². The molecule has 0 bridgehead atoms. The van der Waals surface area contributed by atoms with E-state index in [1.807, 2.05) is 48.5 Å². The number of urea groups is 1. The van der Waals surface area contributed by atoms with Crippen LogP contribution in [0.1, 0.15) is 21.5 Å². The normalized spacial score (nSPS) is 12.9. The second-order valence-electron chi connectivity index (χ2n) is 6.61. The number of anilines is 3. The maximum Gasteiger partial charge on any atom is 0.322 e. The molecule has 0 radical (unpaired) electrons. The van der Waals surface area contributed by atoms with Crippen LogP contribution in [-0.2, 0) is 13.1 Å². The number of para-hydroxylation sites is 3. The van der Waals surface area contributed by atoms with Gasteiger partial charge < -0.3 is 16.4 Å². The van der Waals surface area contributed by atoms with Crippen molar-refractivity contribution < 1.29 is 9.59 Å². The van der Waals surface area contributed by atoms with Gasteiger partial charge in [-0.1, -0.05) is 42.5 Å². The Kier molecular flexibility index (Phi) is 4.68. The predicted octanol–water partition coefficient (Wildman–Crippen LogP) is 3.75. The number of hydrogen-bond donors (Lipinski definition) is 3. The molecule has 0 spiro atoms. The van der Waals surface area contributed by atoms with E-state index in [4.69, 9.17) is 5.73 Å². The summed E-state index contributed by atoms with van der Waals surface area (Å²) in [6.45, 7) is 0.962. The van der Waals surface area contributed by atoms with Crippen molar-refractivity contribution in [1.29, 1.82) is 0 Å². The molecule has 6 nitrogen and oxygen atoms in total. The van der Waals surface area contributed by atoms with Crippen molar-refractivity contribution in [1.82, 2.24) is 5.32 Å². The summed E-state index contributed by atoms with van der Waals surface area (Å²) >= 11 is 0. The molecule has 140 valence electrons. The van der Waals surface area contributed by atoms with Crippen molar-refractivity contribution >= 4 is 29.0 Å². The predicted molar refractivity (Wildman–Crippen MR) is 110 cm³/mol. The van der Waals surface area contributed by atoms with Gasteiger partial charge in [-0.15, -0.1) is 0 Å². The van der Waals surface area contributed by atoms with Gasteiger partial charge in [-0.2, -0.15) is 0 Å². The standard InChI is InChI=1S/C22H20N4O2/c23-18-6-2-3-7-19(18)25-21(27)16-11-9-15(10-12-16)14-26-20-8-4-1-5-17(20)13-24-22(26)28/h1-12H,13-14,23H2,(H,24,28)(H,25,27). The molecule has 1 aliphatic rings. The largest absolute Gasteiger partial charge is 0.397 e. The quantitative estimate of drug-likeness (QED) is 0.610. The number of rotatable bonds is 4. The maximum absolute atomic E-state index is 12.4. The second kappa shape index (κ2) is 7.44. The smallest absolute Gasteiger partial charge is 0.322 e. The summed E-state index contributed by atoms with van der Waals surface area (Å²) in [4.78, 5) is 26.5. The zero-order valence-corrected chi connectivity index (χ0v) is 15.2. The maximum atomic E-state index is 12.4. The number of hydrogen-bond acceptors (Lipinski definition) is 3. The number of nitrogen functional groups attached to an aromatic ring is 1. The zero-order chi connectivity index (χ0) is 19.5. The van der Waals surface area contributed by atoms with Crippen molar-refractivity contribution in [3.63, 3.8) is 0 Å². The van der Waals surface area contributed by atoms with Crippen molar-refractivity contribution in [2.45, 2.75) is 13.1 Å². The van der Waals surface area contributed by atoms with Gasteiger partial charge in [0.2, 0.25) is 0 Å². The number of carbonyl (C=O) groups excluding carboxylic acids is 2. The van der Waals surface area contributed by atoms with Crippen molar-refractivity contribution in [3.05, 3.63) is 89.5 Å². The molecule has 6 heteroatoms. The monoisotopic (exact) mass is 372 g/mol. The van der Waals surface area contributed by atoms with Crippen LogP contribution in [0.5, 0.6) is 0 Å². The number of nitrogens with two attached hydrogens (primary N) is 1. The van der Waals surface area contributed by atoms with Crippen molar-refractivity contribution in [2.24, 2.45) is 0 Å². The average Bonchev–Trinajstić information content (AvgIpc) is 2.72. The van der Waals surface area contributed by atoms with Gasteiger partial charge in [0.25, 0.3) is 5.91 Å². The first-order chi connectivity index (χ1) is 13.6. The fraction of sp³-hybridized carbons (Fsp3) is 0.0909. The minimum Gasteiger partial charge on any atom is -0.397 e. The number of nitrogens with zero attached hydrogens (tertiary/aromatic N) is 1. The Morgan fingerprint density at radius 2 is 1.71 bits per heavy atom. The van der Waals surface area contributed by atoms with E-state index in [0.29, 0.717) is 30.0 Å². The molecule has 3 amide bonds. The minimum atomic E-state index is -0.231. The number of fused-ring (bicyclic) bond motifs is 1. The van der Waals surface area contributed by atoms with Gasteiger partial charge in [0.05, 0.1) is 23.6 Å². The number of nitrogens with one attached hydrogen (secondary N) is 2. The fourth-order valence-electron chi connectivity index (χ4n) is 3.21. The molecule has 1 aliphatic heterocycles. The summed E-state index contributed by atoms with van der Waals surface area (Å²) in [6, 6.07) is 22.0. The molecule has 0 aliphatic carbocycles. The van der Waals surface area contributed by atoms with Gasteiger partial charge in [0.1, 0.15) is 0 Å². The molecule has 3 aromatic carbocycles. The van der Waals surface area contributed by atoms with Crippen LogP contribution in [0.4, 0.5) is 21.9 Å². The van der Waals surface area contributed by atoms with Gasteiger partial charge in [0, 0.05) is 12.1 Å². The summed E-state index contributed by atoms with van der Waals surface area (Å²) in [7, 11) is 0. The Hall–Kier alpha value is -3.80. The third-order valence-electron chi connectivity index (χ3n) is 4.72. The van der Waals surface area contributed by atoms with Crippen LogP contribution in [-0.4, -0.2) is 11.9 Å². The van der Waals surface area contributed by atoms with Gasteiger partial charge >= 0.3 is 6.03 Å². The number of amides is 3. The Labute approximate surface area is 163 Å². The highest BCUT2D eigenvalue weighted by Crippen LogP contribution is 2.26. The lowest BCUT2D eigenvalue weighted by molar-refractivity contribution is 0.102. The molecular weight excluding hydrogens is 352 g/mol. The molecule has 0 saturated carbocycles. The molecule has 0 fully saturated rings. The average molecular weight is 372 g/mol. The van der Waals surface area contributed by atoms with Crippen LogP contribution < -0.4 is 21.3 Å². The van der Waals surface area contributed by atoms with Crippen molar-refractivity contribution in [3.8, 4) is 0 Å². The molecule has 0 atom stereocenters. The summed E-state index contributed by atoms with van der Waals surface area (Å²) in [5, 5.41) is 5.69. The van der Waals surface area contributed by atoms with Gasteiger partial charge in [-0.05, 0) is 41.5 Å². The molecule has 0 unspecified atom stereocenters. The topological polar surface area (TPSA) is 87.5 Å². The molecule has 28 heavy (non-hydrogen) atoms. The summed E-state index contributed by atoms with van der Waals surface area (Å²) in [6.07, 6.45) is 0. The summed E-state index contributed by atoms with van der Waals surface area (Å²) in [5.41, 5.74) is 10.4. The third kappa shape index (κ3) is 3.53. The lowest BCUT2D eigenvalue weighted by Crippen LogP contribution is -2.43. The van der Waals surface area contributed by atoms with E-state index in [9.17, 15) is 9.59 Å². The zero-order valence-electron chi connectivity index (χ0n) is 15.2. The highest BCUT2D eigenvalue weighted by Gasteiger charge is 2.23. The Balaban J connectivity index is 1.49. The van der Waals surface area contributed by atoms with Crippen LogP contribution in [0.3, 0.4) is 0 Å². The highest BCUT2D eigenvalue weighted by atomic mass is 16.2. The van der Waals surface area contributed by atoms with Crippen LogP contribution in [0, 0.1) is 0 Å². The first-order valence-corrected chi connectivity index (χ1v) is 9.00. The van der Waals surface area contributed by atoms with E-state index in [1.165, 1.54) is 0 Å². The molecule has 3 aromatic rings. The first kappa shape index (κ1) is 17.6. The van der Waals surface area contributed by atoms with Gasteiger partial charge in [-0.3, -0.25) is 9.69 Å². The molecule has 0 aromatic heterocycles. The van der Waals surface area contributed by atoms with E-state index in [0.717, 1.165) is 16.8 Å². The van der Waals surface area contributed by atoms with E-state index in [-0.39, 0.29) is 11.9 Å². The van der Waals surface area contributed by atoms with Gasteiger partial charge in [0.15, 0.2) is 0 Å². The fourth-order valence-corrected chi connectivity index (χ4v) is 3.21. The molecular formula is C22H20N4O2. The third-order valence-corrected chi connectivity index (χ3v) is 4.72. The minimum absolute atomic E-state index is 0.125. The Morgan fingerprint density at radius 3 is 2.50 bits per heavy atom. The van der Waals surface area contributed by atoms with E-state index in [2.05, 4.69) is 10.6 Å². The van der Waals surface area contributed by atoms with Crippen LogP contribution in [0.25, 0.3) is 0 Å². The lowest BCUT2D eigenvalue weighted by Gasteiger charge is -2.30. The molecule has 0 saturated heterocycles. The van der Waals surface area contributed by atoms with Crippen molar-refractivity contribution in [2.75, 3.05) is 16.0 Å². The molecule has 4 N–H and O–H groups in total. The number of carbonyl (C=O) groups is 2. The van der Waals surface area contributed by atoms with Crippen LogP contribution in [0.15, 0.2) is 72.8 Å². The lowest BCUT2D eigenvalue weighted by atomic mass is 10.1. The van der Waals surface area contributed by atoms with Crippen LogP contribution >= 0.6 is 0 Å². The number of benzene rings is 3.